The Bertz CT molecular complexity index is 527. The largest absolute Gasteiger partial charge is 0.481 e. The van der Waals surface area contributed by atoms with Crippen LogP contribution in [-0.4, -0.2) is 41.6 Å². The predicted molar refractivity (Wildman–Crippen MR) is 60.0 cm³/mol. The second-order valence-corrected chi connectivity index (χ2v) is 4.09. The van der Waals surface area contributed by atoms with Crippen LogP contribution in [0, 0.1) is 6.92 Å². The van der Waals surface area contributed by atoms with Crippen molar-refractivity contribution in [2.75, 3.05) is 5.75 Å². The third-order valence-electron chi connectivity index (χ3n) is 1.93. The minimum atomic E-state index is -0.897. The van der Waals surface area contributed by atoms with E-state index < -0.39 is 5.97 Å². The van der Waals surface area contributed by atoms with Crippen LogP contribution >= 0.6 is 11.8 Å². The molecule has 1 N–H and O–H groups in total. The first-order valence-electron chi connectivity index (χ1n) is 4.70. The van der Waals surface area contributed by atoms with E-state index in [1.165, 1.54) is 6.33 Å². The van der Waals surface area contributed by atoms with E-state index in [-0.39, 0.29) is 5.75 Å². The zero-order valence-electron chi connectivity index (χ0n) is 8.94. The second kappa shape index (κ2) is 4.91. The van der Waals surface area contributed by atoms with Gasteiger partial charge in [-0.1, -0.05) is 11.8 Å². The van der Waals surface area contributed by atoms with Crippen LogP contribution in [0.4, 0.5) is 0 Å². The number of hydrogen-bond acceptors (Lipinski definition) is 6. The molecule has 88 valence electrons. The van der Waals surface area contributed by atoms with Crippen LogP contribution in [0.5, 0.6) is 0 Å². The lowest BCUT2D eigenvalue weighted by molar-refractivity contribution is -0.133. The van der Waals surface area contributed by atoms with Crippen molar-refractivity contribution >= 4 is 17.7 Å². The van der Waals surface area contributed by atoms with Crippen LogP contribution in [-0.2, 0) is 4.79 Å². The van der Waals surface area contributed by atoms with Crippen LogP contribution in [0.3, 0.4) is 0 Å². The minimum Gasteiger partial charge on any atom is -0.481 e. The van der Waals surface area contributed by atoms with E-state index >= 15 is 0 Å². The number of aliphatic carboxylic acids is 1. The van der Waals surface area contributed by atoms with Crippen LogP contribution < -0.4 is 0 Å². The highest BCUT2D eigenvalue weighted by molar-refractivity contribution is 7.99. The van der Waals surface area contributed by atoms with Crippen molar-refractivity contribution in [2.45, 2.75) is 12.1 Å². The fraction of sp³-hybridized carbons (Fsp3) is 0.222. The summed E-state index contributed by atoms with van der Waals surface area (Å²) in [5, 5.41) is 17.0. The molecule has 0 fully saturated rings. The SMILES string of the molecule is Cc1nnc(SCC(=O)O)n1-c1cncnc1. The second-order valence-electron chi connectivity index (χ2n) is 3.14. The summed E-state index contributed by atoms with van der Waals surface area (Å²) in [6.45, 7) is 1.78. The Morgan fingerprint density at radius 3 is 2.76 bits per heavy atom. The number of hydrogen-bond donors (Lipinski definition) is 1. The first-order chi connectivity index (χ1) is 8.18. The minimum absolute atomic E-state index is 0.0637. The normalized spacial score (nSPS) is 10.4. The van der Waals surface area contributed by atoms with Crippen LogP contribution in [0.2, 0.25) is 0 Å². The molecule has 0 aliphatic heterocycles. The molecule has 0 aliphatic rings. The molecule has 0 saturated carbocycles. The maximum absolute atomic E-state index is 10.5. The highest BCUT2D eigenvalue weighted by Crippen LogP contribution is 2.20. The molecule has 0 amide bonds. The van der Waals surface area contributed by atoms with Gasteiger partial charge < -0.3 is 5.11 Å². The molecule has 2 rings (SSSR count). The topological polar surface area (TPSA) is 93.8 Å². The van der Waals surface area contributed by atoms with Gasteiger partial charge in [0.1, 0.15) is 12.2 Å². The Morgan fingerprint density at radius 2 is 2.12 bits per heavy atom. The van der Waals surface area contributed by atoms with Gasteiger partial charge in [-0.3, -0.25) is 9.36 Å². The number of thioether (sulfide) groups is 1. The molecule has 2 aromatic rings. The Balaban J connectivity index is 2.33. The molecule has 0 unspecified atom stereocenters. The first kappa shape index (κ1) is 11.5. The van der Waals surface area contributed by atoms with Crippen molar-refractivity contribution in [2.24, 2.45) is 0 Å². The molecule has 17 heavy (non-hydrogen) atoms. The van der Waals surface area contributed by atoms with E-state index in [4.69, 9.17) is 5.11 Å². The van der Waals surface area contributed by atoms with E-state index in [1.54, 1.807) is 23.9 Å². The highest BCUT2D eigenvalue weighted by Gasteiger charge is 2.12. The number of aryl methyl sites for hydroxylation is 1. The average Bonchev–Trinajstić information content (AvgIpc) is 2.69. The van der Waals surface area contributed by atoms with Gasteiger partial charge in [-0.15, -0.1) is 10.2 Å². The lowest BCUT2D eigenvalue weighted by atomic mass is 10.5. The molecule has 8 heteroatoms. The van der Waals surface area contributed by atoms with Gasteiger partial charge in [-0.2, -0.15) is 0 Å². The number of carboxylic acids is 1. The van der Waals surface area contributed by atoms with Gasteiger partial charge in [-0.25, -0.2) is 9.97 Å². The van der Waals surface area contributed by atoms with E-state index in [2.05, 4.69) is 20.2 Å². The van der Waals surface area contributed by atoms with Crippen LogP contribution in [0.15, 0.2) is 23.9 Å². The van der Waals surface area contributed by atoms with Crippen LogP contribution in [0.1, 0.15) is 5.82 Å². The fourth-order valence-electron chi connectivity index (χ4n) is 1.27. The molecular weight excluding hydrogens is 242 g/mol. The average molecular weight is 251 g/mol. The van der Waals surface area contributed by atoms with Crippen molar-refractivity contribution in [1.29, 1.82) is 0 Å². The third kappa shape index (κ3) is 2.59. The predicted octanol–water partition coefficient (Wildman–Crippen LogP) is 0.542. The lowest BCUT2D eigenvalue weighted by Crippen LogP contribution is -2.03. The number of rotatable bonds is 4. The standard InChI is InChI=1S/C9H9N5O2S/c1-6-12-13-9(17-4-8(15)16)14(6)7-2-10-5-11-3-7/h2-3,5H,4H2,1H3,(H,15,16). The maximum Gasteiger partial charge on any atom is 0.313 e. The van der Waals surface area contributed by atoms with Gasteiger partial charge in [0.15, 0.2) is 5.16 Å². The molecular formula is C9H9N5O2S. The Hall–Kier alpha value is -1.96. The Morgan fingerprint density at radius 1 is 1.41 bits per heavy atom. The zero-order chi connectivity index (χ0) is 12.3. The van der Waals surface area contributed by atoms with Gasteiger partial charge in [0, 0.05) is 0 Å². The number of aromatic nitrogens is 5. The van der Waals surface area contributed by atoms with Crippen molar-refractivity contribution in [3.8, 4) is 5.69 Å². The third-order valence-corrected chi connectivity index (χ3v) is 2.84. The fourth-order valence-corrected chi connectivity index (χ4v) is 1.98. The summed E-state index contributed by atoms with van der Waals surface area (Å²) in [5.41, 5.74) is 0.711. The summed E-state index contributed by atoms with van der Waals surface area (Å²) in [4.78, 5) is 18.3. The highest BCUT2D eigenvalue weighted by atomic mass is 32.2. The first-order valence-corrected chi connectivity index (χ1v) is 5.69. The summed E-state index contributed by atoms with van der Waals surface area (Å²) in [6.07, 6.45) is 4.66. The Kier molecular flexibility index (Phi) is 3.33. The molecule has 0 saturated heterocycles. The summed E-state index contributed by atoms with van der Waals surface area (Å²) in [6, 6.07) is 0. The summed E-state index contributed by atoms with van der Waals surface area (Å²) in [7, 11) is 0. The van der Waals surface area contributed by atoms with Gasteiger partial charge in [-0.05, 0) is 6.92 Å². The quantitative estimate of drug-likeness (QED) is 0.792. The number of nitrogens with zero attached hydrogens (tertiary/aromatic N) is 5. The molecule has 0 atom stereocenters. The van der Waals surface area contributed by atoms with E-state index in [1.807, 2.05) is 0 Å². The van der Waals surface area contributed by atoms with Gasteiger partial charge >= 0.3 is 5.97 Å². The zero-order valence-corrected chi connectivity index (χ0v) is 9.76. The van der Waals surface area contributed by atoms with Gasteiger partial charge in [0.05, 0.1) is 23.8 Å². The molecule has 7 nitrogen and oxygen atoms in total. The Labute approximate surface area is 101 Å². The van der Waals surface area contributed by atoms with E-state index in [0.717, 1.165) is 11.8 Å². The van der Waals surface area contributed by atoms with Crippen LogP contribution in [0.25, 0.3) is 5.69 Å². The van der Waals surface area contributed by atoms with Crippen molar-refractivity contribution < 1.29 is 9.90 Å². The van der Waals surface area contributed by atoms with E-state index in [9.17, 15) is 4.79 Å². The molecule has 0 radical (unpaired) electrons. The number of carboxylic acid groups (broad SMARTS) is 1. The lowest BCUT2D eigenvalue weighted by Gasteiger charge is -2.05. The molecule has 2 aromatic heterocycles. The molecule has 0 aromatic carbocycles. The molecule has 2 heterocycles. The summed E-state index contributed by atoms with van der Waals surface area (Å²) >= 11 is 1.11. The monoisotopic (exact) mass is 251 g/mol. The molecule has 0 aliphatic carbocycles. The van der Waals surface area contributed by atoms with Crippen molar-refractivity contribution in [3.63, 3.8) is 0 Å². The van der Waals surface area contributed by atoms with Crippen molar-refractivity contribution in [1.82, 2.24) is 24.7 Å². The number of carbonyl (C=O) groups is 1. The maximum atomic E-state index is 10.5. The summed E-state index contributed by atoms with van der Waals surface area (Å²) in [5.74, 6) is -0.301. The van der Waals surface area contributed by atoms with Gasteiger partial charge in [0.2, 0.25) is 0 Å². The molecule has 0 bridgehead atoms. The molecule has 0 spiro atoms. The summed E-state index contributed by atoms with van der Waals surface area (Å²) < 4.78 is 1.72. The van der Waals surface area contributed by atoms with E-state index in [0.29, 0.717) is 16.7 Å². The van der Waals surface area contributed by atoms with Crippen molar-refractivity contribution in [3.05, 3.63) is 24.5 Å². The van der Waals surface area contributed by atoms with Gasteiger partial charge in [0.25, 0.3) is 0 Å². The smallest absolute Gasteiger partial charge is 0.313 e.